The topological polar surface area (TPSA) is 20.3 Å². The largest absolute Gasteiger partial charge is 0.305 e. The zero-order chi connectivity index (χ0) is 9.47. The van der Waals surface area contributed by atoms with Crippen molar-refractivity contribution >= 4 is 5.78 Å². The van der Waals surface area contributed by atoms with Gasteiger partial charge in [0.05, 0.1) is 0 Å². The third kappa shape index (κ3) is 1.64. The minimum atomic E-state index is 0.386. The van der Waals surface area contributed by atoms with Crippen molar-refractivity contribution in [2.24, 2.45) is 11.3 Å². The Hall–Kier alpha value is -0.370. The predicted molar refractivity (Wildman–Crippen MR) is 52.6 cm³/mol. The molecular formula is C11H19NO. The van der Waals surface area contributed by atoms with Crippen LogP contribution >= 0.6 is 0 Å². The maximum atomic E-state index is 11.2. The number of hydrogen-bond donors (Lipinski definition) is 0. The minimum absolute atomic E-state index is 0.386. The average Bonchev–Trinajstić information content (AvgIpc) is 2.03. The van der Waals surface area contributed by atoms with Crippen LogP contribution in [0.4, 0.5) is 0 Å². The van der Waals surface area contributed by atoms with E-state index in [1.807, 2.05) is 0 Å². The summed E-state index contributed by atoms with van der Waals surface area (Å²) in [5.74, 6) is 0.791. The number of rotatable bonds is 1. The van der Waals surface area contributed by atoms with Gasteiger partial charge in [-0.05, 0) is 45.1 Å². The molecule has 1 aliphatic carbocycles. The normalized spacial score (nSPS) is 28.8. The summed E-state index contributed by atoms with van der Waals surface area (Å²) in [6.07, 6.45) is 4.84. The van der Waals surface area contributed by atoms with Gasteiger partial charge in [-0.15, -0.1) is 0 Å². The summed E-state index contributed by atoms with van der Waals surface area (Å²) in [5, 5.41) is 0. The molecule has 2 fully saturated rings. The van der Waals surface area contributed by atoms with Gasteiger partial charge in [-0.2, -0.15) is 0 Å². The van der Waals surface area contributed by atoms with Gasteiger partial charge in [0.2, 0.25) is 0 Å². The number of Topliss-reactive ketones (excluding diaryl/α,β-unsaturated/α-hetero) is 1. The number of carbonyl (C=O) groups is 1. The summed E-state index contributed by atoms with van der Waals surface area (Å²) in [6, 6.07) is 0. The lowest BCUT2D eigenvalue weighted by Crippen LogP contribution is -2.55. The highest BCUT2D eigenvalue weighted by molar-refractivity contribution is 5.78. The Balaban J connectivity index is 1.86. The predicted octanol–water partition coefficient (Wildman–Crippen LogP) is 1.70. The fourth-order valence-electron chi connectivity index (χ4n) is 3.05. The van der Waals surface area contributed by atoms with Crippen molar-refractivity contribution in [1.29, 1.82) is 0 Å². The smallest absolute Gasteiger partial charge is 0.132 e. The van der Waals surface area contributed by atoms with Gasteiger partial charge in [0.15, 0.2) is 0 Å². The Morgan fingerprint density at radius 3 is 2.23 bits per heavy atom. The highest BCUT2D eigenvalue weighted by atomic mass is 16.1. The Bertz CT molecular complexity index is 208. The first kappa shape index (κ1) is 9.20. The second-order valence-electron chi connectivity index (χ2n) is 5.06. The van der Waals surface area contributed by atoms with Gasteiger partial charge >= 0.3 is 0 Å². The SMILES string of the molecule is CC(=O)C1CCC2(CC1)CN(C)C2. The molecular weight excluding hydrogens is 162 g/mol. The van der Waals surface area contributed by atoms with Crippen LogP contribution in [0.25, 0.3) is 0 Å². The fraction of sp³-hybridized carbons (Fsp3) is 0.909. The first-order valence-corrected chi connectivity index (χ1v) is 5.30. The van der Waals surface area contributed by atoms with Crippen LogP contribution in [0.2, 0.25) is 0 Å². The van der Waals surface area contributed by atoms with Gasteiger partial charge in [0, 0.05) is 19.0 Å². The molecule has 1 spiro atoms. The summed E-state index contributed by atoms with van der Waals surface area (Å²) in [4.78, 5) is 13.6. The fourth-order valence-corrected chi connectivity index (χ4v) is 3.05. The number of ketones is 1. The molecule has 1 heterocycles. The monoisotopic (exact) mass is 181 g/mol. The molecule has 0 aromatic heterocycles. The van der Waals surface area contributed by atoms with E-state index in [9.17, 15) is 4.79 Å². The summed E-state index contributed by atoms with van der Waals surface area (Å²) in [5.41, 5.74) is 0.612. The average molecular weight is 181 g/mol. The van der Waals surface area contributed by atoms with Crippen LogP contribution in [0, 0.1) is 11.3 Å². The molecule has 13 heavy (non-hydrogen) atoms. The van der Waals surface area contributed by atoms with Crippen LogP contribution in [0.1, 0.15) is 32.6 Å². The van der Waals surface area contributed by atoms with Gasteiger partial charge in [-0.25, -0.2) is 0 Å². The molecule has 2 nitrogen and oxygen atoms in total. The summed E-state index contributed by atoms with van der Waals surface area (Å²) in [7, 11) is 2.18. The Morgan fingerprint density at radius 2 is 1.85 bits per heavy atom. The van der Waals surface area contributed by atoms with Crippen LogP contribution in [0.3, 0.4) is 0 Å². The van der Waals surface area contributed by atoms with E-state index in [2.05, 4.69) is 11.9 Å². The van der Waals surface area contributed by atoms with Crippen molar-refractivity contribution in [3.8, 4) is 0 Å². The molecule has 2 heteroatoms. The van der Waals surface area contributed by atoms with Crippen molar-refractivity contribution in [3.05, 3.63) is 0 Å². The van der Waals surface area contributed by atoms with E-state index >= 15 is 0 Å². The van der Waals surface area contributed by atoms with E-state index in [4.69, 9.17) is 0 Å². The van der Waals surface area contributed by atoms with Crippen molar-refractivity contribution < 1.29 is 4.79 Å². The molecule has 0 aromatic rings. The lowest BCUT2D eigenvalue weighted by Gasteiger charge is -2.52. The molecule has 0 atom stereocenters. The summed E-state index contributed by atoms with van der Waals surface area (Å²) < 4.78 is 0. The molecule has 2 rings (SSSR count). The van der Waals surface area contributed by atoms with Gasteiger partial charge in [0.25, 0.3) is 0 Å². The van der Waals surface area contributed by atoms with E-state index in [1.54, 1.807) is 6.92 Å². The van der Waals surface area contributed by atoms with Crippen molar-refractivity contribution in [2.75, 3.05) is 20.1 Å². The molecule has 2 aliphatic rings. The lowest BCUT2D eigenvalue weighted by molar-refractivity contribution is -0.123. The minimum Gasteiger partial charge on any atom is -0.305 e. The Morgan fingerprint density at radius 1 is 1.31 bits per heavy atom. The maximum Gasteiger partial charge on any atom is 0.132 e. The van der Waals surface area contributed by atoms with Crippen LogP contribution in [0.15, 0.2) is 0 Å². The zero-order valence-corrected chi connectivity index (χ0v) is 8.68. The van der Waals surface area contributed by atoms with Crippen molar-refractivity contribution in [3.63, 3.8) is 0 Å². The number of hydrogen-bond acceptors (Lipinski definition) is 2. The van der Waals surface area contributed by atoms with E-state index < -0.39 is 0 Å². The number of likely N-dealkylation sites (tertiary alicyclic amines) is 1. The lowest BCUT2D eigenvalue weighted by atomic mass is 9.65. The molecule has 0 amide bonds. The van der Waals surface area contributed by atoms with Gasteiger partial charge in [-0.3, -0.25) is 4.79 Å². The quantitative estimate of drug-likeness (QED) is 0.613. The van der Waals surface area contributed by atoms with Crippen molar-refractivity contribution in [1.82, 2.24) is 4.90 Å². The van der Waals surface area contributed by atoms with E-state index in [0.29, 0.717) is 17.1 Å². The van der Waals surface area contributed by atoms with Crippen LogP contribution in [-0.4, -0.2) is 30.8 Å². The third-order valence-electron chi connectivity index (χ3n) is 3.83. The van der Waals surface area contributed by atoms with Crippen LogP contribution in [-0.2, 0) is 4.79 Å². The first-order valence-electron chi connectivity index (χ1n) is 5.30. The first-order chi connectivity index (χ1) is 6.11. The second-order valence-corrected chi connectivity index (χ2v) is 5.06. The Labute approximate surface area is 80.3 Å². The molecule has 0 radical (unpaired) electrons. The Kier molecular flexibility index (Phi) is 2.18. The molecule has 1 saturated carbocycles. The molecule has 1 saturated heterocycles. The molecule has 0 unspecified atom stereocenters. The van der Waals surface area contributed by atoms with Crippen LogP contribution < -0.4 is 0 Å². The van der Waals surface area contributed by atoms with Crippen molar-refractivity contribution in [2.45, 2.75) is 32.6 Å². The summed E-state index contributed by atoms with van der Waals surface area (Å²) in [6.45, 7) is 4.27. The van der Waals surface area contributed by atoms with Crippen LogP contribution in [0.5, 0.6) is 0 Å². The summed E-state index contributed by atoms with van der Waals surface area (Å²) >= 11 is 0. The maximum absolute atomic E-state index is 11.2. The third-order valence-corrected chi connectivity index (χ3v) is 3.83. The van der Waals surface area contributed by atoms with E-state index in [0.717, 1.165) is 12.8 Å². The highest BCUT2D eigenvalue weighted by Gasteiger charge is 2.43. The molecule has 0 aromatic carbocycles. The standard InChI is InChI=1S/C11H19NO/c1-9(13)10-3-5-11(6-4-10)7-12(2)8-11/h10H,3-8H2,1-2H3. The number of nitrogens with zero attached hydrogens (tertiary/aromatic N) is 1. The zero-order valence-electron chi connectivity index (χ0n) is 8.68. The van der Waals surface area contributed by atoms with Gasteiger partial charge < -0.3 is 4.90 Å². The second kappa shape index (κ2) is 3.09. The van der Waals surface area contributed by atoms with E-state index in [-0.39, 0.29) is 0 Å². The van der Waals surface area contributed by atoms with Gasteiger partial charge in [-0.1, -0.05) is 0 Å². The highest BCUT2D eigenvalue weighted by Crippen LogP contribution is 2.44. The molecule has 74 valence electrons. The van der Waals surface area contributed by atoms with Gasteiger partial charge in [0.1, 0.15) is 5.78 Å². The number of carbonyl (C=O) groups excluding carboxylic acids is 1. The van der Waals surface area contributed by atoms with E-state index in [1.165, 1.54) is 25.9 Å². The molecule has 0 N–H and O–H groups in total. The molecule has 1 aliphatic heterocycles. The molecule has 0 bridgehead atoms.